The van der Waals surface area contributed by atoms with E-state index >= 15 is 0 Å². The van der Waals surface area contributed by atoms with Gasteiger partial charge in [-0.2, -0.15) is 0 Å². The normalized spacial score (nSPS) is 14.2. The van der Waals surface area contributed by atoms with Crippen molar-refractivity contribution >= 4 is 5.97 Å². The first-order valence-corrected chi connectivity index (χ1v) is 5.69. The Morgan fingerprint density at radius 2 is 2.00 bits per heavy atom. The van der Waals surface area contributed by atoms with Crippen LogP contribution in [0, 0.1) is 5.92 Å². The Hall–Kier alpha value is -0.940. The second-order valence-electron chi connectivity index (χ2n) is 3.82. The molecule has 1 atom stereocenters. The van der Waals surface area contributed by atoms with Crippen LogP contribution in [0.4, 0.5) is 4.39 Å². The molecule has 17 heavy (non-hydrogen) atoms. The monoisotopic (exact) mass is 248 g/mol. The van der Waals surface area contributed by atoms with Crippen molar-refractivity contribution in [2.45, 2.75) is 33.6 Å². The van der Waals surface area contributed by atoms with Crippen LogP contribution in [-0.2, 0) is 19.3 Å². The number of halogens is 1. The molecule has 5 heteroatoms. The molecular weight excluding hydrogens is 227 g/mol. The molecule has 0 aliphatic rings. The van der Waals surface area contributed by atoms with E-state index in [2.05, 4.69) is 14.5 Å². The molecule has 0 aromatic heterocycles. The average Bonchev–Trinajstić information content (AvgIpc) is 2.34. The van der Waals surface area contributed by atoms with Crippen molar-refractivity contribution in [1.82, 2.24) is 0 Å². The maximum atomic E-state index is 13.4. The Bertz CT molecular complexity index is 263. The number of rotatable bonds is 8. The summed E-state index contributed by atoms with van der Waals surface area (Å²) in [6, 6.07) is 0. The van der Waals surface area contributed by atoms with Crippen LogP contribution in [0.25, 0.3) is 0 Å². The van der Waals surface area contributed by atoms with Crippen LogP contribution in [0.2, 0.25) is 0 Å². The maximum Gasteiger partial charge on any atom is 0.308 e. The van der Waals surface area contributed by atoms with Crippen molar-refractivity contribution in [1.29, 1.82) is 0 Å². The fourth-order valence-corrected chi connectivity index (χ4v) is 1.19. The predicted molar refractivity (Wildman–Crippen MR) is 61.8 cm³/mol. The summed E-state index contributed by atoms with van der Waals surface area (Å²) < 4.78 is 18.0. The Kier molecular flexibility index (Phi) is 8.62. The van der Waals surface area contributed by atoms with Gasteiger partial charge in [0, 0.05) is 0 Å². The van der Waals surface area contributed by atoms with E-state index in [4.69, 9.17) is 0 Å². The van der Waals surface area contributed by atoms with Crippen molar-refractivity contribution in [2.24, 2.45) is 5.92 Å². The number of esters is 1. The van der Waals surface area contributed by atoms with Crippen LogP contribution in [0.15, 0.2) is 11.4 Å². The molecule has 0 N–H and O–H groups in total. The minimum atomic E-state index is -0.351. The van der Waals surface area contributed by atoms with Gasteiger partial charge in [-0.3, -0.25) is 4.79 Å². The van der Waals surface area contributed by atoms with Gasteiger partial charge in [0.25, 0.3) is 0 Å². The predicted octanol–water partition coefficient (Wildman–Crippen LogP) is 2.79. The van der Waals surface area contributed by atoms with Crippen LogP contribution >= 0.6 is 0 Å². The quantitative estimate of drug-likeness (QED) is 0.287. The third kappa shape index (κ3) is 7.07. The highest BCUT2D eigenvalue weighted by Crippen LogP contribution is 2.17. The lowest BCUT2D eigenvalue weighted by molar-refractivity contribution is -0.286. The van der Waals surface area contributed by atoms with Gasteiger partial charge in [0.2, 0.25) is 0 Å². The van der Waals surface area contributed by atoms with Gasteiger partial charge in [0.05, 0.1) is 19.6 Å². The van der Waals surface area contributed by atoms with Gasteiger partial charge in [-0.15, -0.1) is 0 Å². The smallest absolute Gasteiger partial charge is 0.308 e. The summed E-state index contributed by atoms with van der Waals surface area (Å²) in [4.78, 5) is 20.3. The van der Waals surface area contributed by atoms with Crippen molar-refractivity contribution in [2.75, 3.05) is 20.3 Å². The third-order valence-corrected chi connectivity index (χ3v) is 2.41. The zero-order valence-electron chi connectivity index (χ0n) is 10.9. The summed E-state index contributed by atoms with van der Waals surface area (Å²) in [7, 11) is 1.35. The Labute approximate surface area is 102 Å². The number of ether oxygens (including phenoxy) is 1. The lowest BCUT2D eigenvalue weighted by Gasteiger charge is -2.09. The molecule has 0 fully saturated rings. The van der Waals surface area contributed by atoms with E-state index < -0.39 is 0 Å². The van der Waals surface area contributed by atoms with Crippen LogP contribution in [0.1, 0.15) is 33.6 Å². The summed E-state index contributed by atoms with van der Waals surface area (Å²) in [5.74, 6) is -0.852. The summed E-state index contributed by atoms with van der Waals surface area (Å²) in [6.45, 7) is 5.38. The van der Waals surface area contributed by atoms with E-state index in [1.165, 1.54) is 7.11 Å². The third-order valence-electron chi connectivity index (χ3n) is 2.41. The van der Waals surface area contributed by atoms with Gasteiger partial charge in [0.15, 0.2) is 0 Å². The Balaban J connectivity index is 4.01. The maximum absolute atomic E-state index is 13.4. The number of carbonyl (C=O) groups excluding carboxylic acids is 1. The molecule has 1 unspecified atom stereocenters. The SMILES string of the molecule is CCOOC/C(F)=C(/C)CCC(C)C(=O)OC. The van der Waals surface area contributed by atoms with E-state index in [1.807, 2.05) is 0 Å². The molecule has 0 rings (SSSR count). The lowest BCUT2D eigenvalue weighted by Crippen LogP contribution is -2.12. The second kappa shape index (κ2) is 9.13. The molecule has 0 spiro atoms. The molecule has 0 amide bonds. The standard InChI is InChI=1S/C12H21FO4/c1-5-16-17-8-11(13)9(2)6-7-10(3)12(14)15-4/h10H,5-8H2,1-4H3/b11-9+. The van der Waals surface area contributed by atoms with Gasteiger partial charge < -0.3 is 4.74 Å². The number of hydrogen-bond donors (Lipinski definition) is 0. The molecule has 0 aromatic rings. The van der Waals surface area contributed by atoms with Crippen LogP contribution in [0.5, 0.6) is 0 Å². The average molecular weight is 248 g/mol. The molecule has 0 aromatic carbocycles. The molecule has 0 heterocycles. The molecular formula is C12H21FO4. The van der Waals surface area contributed by atoms with Crippen molar-refractivity contribution in [3.8, 4) is 0 Å². The van der Waals surface area contributed by atoms with Gasteiger partial charge in [0.1, 0.15) is 12.4 Å². The summed E-state index contributed by atoms with van der Waals surface area (Å²) in [6.07, 6.45) is 1.05. The van der Waals surface area contributed by atoms with Crippen molar-refractivity contribution < 1.29 is 23.7 Å². The minimum absolute atomic E-state index is 0.188. The van der Waals surface area contributed by atoms with Crippen molar-refractivity contribution in [3.05, 3.63) is 11.4 Å². The summed E-state index contributed by atoms with van der Waals surface area (Å²) >= 11 is 0. The molecule has 0 radical (unpaired) electrons. The largest absolute Gasteiger partial charge is 0.469 e. The number of hydrogen-bond acceptors (Lipinski definition) is 4. The first-order valence-electron chi connectivity index (χ1n) is 5.69. The van der Waals surface area contributed by atoms with E-state index in [-0.39, 0.29) is 24.3 Å². The molecule has 0 aliphatic heterocycles. The molecule has 100 valence electrons. The second-order valence-corrected chi connectivity index (χ2v) is 3.82. The number of carbonyl (C=O) groups is 1. The van der Waals surface area contributed by atoms with Gasteiger partial charge in [-0.25, -0.2) is 14.2 Å². The van der Waals surface area contributed by atoms with Crippen LogP contribution in [-0.4, -0.2) is 26.3 Å². The van der Waals surface area contributed by atoms with Gasteiger partial charge in [-0.1, -0.05) is 6.92 Å². The summed E-state index contributed by atoms with van der Waals surface area (Å²) in [5.41, 5.74) is 0.570. The zero-order valence-corrected chi connectivity index (χ0v) is 10.9. The van der Waals surface area contributed by atoms with E-state index in [0.717, 1.165) is 0 Å². The number of methoxy groups -OCH3 is 1. The van der Waals surface area contributed by atoms with E-state index in [1.54, 1.807) is 20.8 Å². The molecule has 0 saturated carbocycles. The molecule has 0 saturated heterocycles. The van der Waals surface area contributed by atoms with Gasteiger partial charge in [-0.05, 0) is 32.3 Å². The fourth-order valence-electron chi connectivity index (χ4n) is 1.19. The van der Waals surface area contributed by atoms with Crippen LogP contribution < -0.4 is 0 Å². The summed E-state index contributed by atoms with van der Waals surface area (Å²) in [5, 5.41) is 0. The molecule has 4 nitrogen and oxygen atoms in total. The van der Waals surface area contributed by atoms with Crippen LogP contribution in [0.3, 0.4) is 0 Å². The number of allylic oxidation sites excluding steroid dienone is 1. The Morgan fingerprint density at radius 3 is 2.53 bits per heavy atom. The fraction of sp³-hybridized carbons (Fsp3) is 0.750. The molecule has 0 bridgehead atoms. The van der Waals surface area contributed by atoms with E-state index in [9.17, 15) is 9.18 Å². The first kappa shape index (κ1) is 16.1. The highest BCUT2D eigenvalue weighted by molar-refractivity contribution is 5.71. The lowest BCUT2D eigenvalue weighted by atomic mass is 10.0. The molecule has 0 aliphatic carbocycles. The highest BCUT2D eigenvalue weighted by atomic mass is 19.1. The Morgan fingerprint density at radius 1 is 1.35 bits per heavy atom. The first-order chi connectivity index (χ1) is 8.02. The van der Waals surface area contributed by atoms with Gasteiger partial charge >= 0.3 is 5.97 Å². The zero-order chi connectivity index (χ0) is 13.3. The minimum Gasteiger partial charge on any atom is -0.469 e. The van der Waals surface area contributed by atoms with E-state index in [0.29, 0.717) is 25.0 Å². The topological polar surface area (TPSA) is 44.8 Å². The highest BCUT2D eigenvalue weighted by Gasteiger charge is 2.13. The van der Waals surface area contributed by atoms with Crippen molar-refractivity contribution in [3.63, 3.8) is 0 Å².